The second-order valence-corrected chi connectivity index (χ2v) is 7.73. The lowest BCUT2D eigenvalue weighted by molar-refractivity contribution is -0.134. The molecule has 2 aromatic heterocycles. The Bertz CT molecular complexity index is 1390. The number of aromatic nitrogens is 2. The van der Waals surface area contributed by atoms with Crippen LogP contribution in [0.5, 0.6) is 0 Å². The molecule has 0 spiro atoms. The second-order valence-electron chi connectivity index (χ2n) is 7.73. The largest absolute Gasteiger partial charge is 0.467 e. The number of nitrogens with zero attached hydrogens (tertiary/aromatic N) is 4. The molecule has 0 unspecified atom stereocenters. The van der Waals surface area contributed by atoms with E-state index in [2.05, 4.69) is 10.1 Å². The molecule has 1 aliphatic rings. The van der Waals surface area contributed by atoms with Gasteiger partial charge in [0, 0.05) is 12.5 Å². The van der Waals surface area contributed by atoms with Crippen LogP contribution in [0.2, 0.25) is 0 Å². The van der Waals surface area contributed by atoms with Gasteiger partial charge >= 0.3 is 0 Å². The summed E-state index contributed by atoms with van der Waals surface area (Å²) in [6, 6.07) is 14.8. The normalized spacial score (nSPS) is 15.9. The summed E-state index contributed by atoms with van der Waals surface area (Å²) in [5, 5.41) is 6.20. The fraction of sp³-hybridized carbons (Fsp3) is 0.167. The van der Waals surface area contributed by atoms with E-state index in [9.17, 15) is 14.0 Å². The van der Waals surface area contributed by atoms with Gasteiger partial charge in [-0.1, -0.05) is 29.8 Å². The quantitative estimate of drug-likeness (QED) is 0.493. The number of carbonyl (C=O) groups is 1. The topological polar surface area (TPSA) is 80.7 Å². The third-order valence-electron chi connectivity index (χ3n) is 5.52. The summed E-state index contributed by atoms with van der Waals surface area (Å²) in [5.74, 6) is -0.239. The highest BCUT2D eigenvalue weighted by Crippen LogP contribution is 2.33. The van der Waals surface area contributed by atoms with Gasteiger partial charge in [0.1, 0.15) is 24.2 Å². The summed E-state index contributed by atoms with van der Waals surface area (Å²) < 4.78 is 20.2. The van der Waals surface area contributed by atoms with E-state index in [1.54, 1.807) is 18.4 Å². The van der Waals surface area contributed by atoms with E-state index in [-0.39, 0.29) is 23.4 Å². The van der Waals surface area contributed by atoms with Gasteiger partial charge in [-0.3, -0.25) is 14.2 Å². The van der Waals surface area contributed by atoms with Crippen LogP contribution in [0.25, 0.3) is 10.9 Å². The van der Waals surface area contributed by atoms with E-state index < -0.39 is 17.4 Å². The molecule has 7 nitrogen and oxygen atoms in total. The van der Waals surface area contributed by atoms with Crippen molar-refractivity contribution in [1.82, 2.24) is 14.6 Å². The van der Waals surface area contributed by atoms with Gasteiger partial charge in [0.25, 0.3) is 11.5 Å². The zero-order valence-electron chi connectivity index (χ0n) is 17.2. The molecular weight excluding hydrogens is 411 g/mol. The first-order valence-electron chi connectivity index (χ1n) is 10.1. The standard InChI is InChI=1S/C24H19FN4O3/c1-15-4-6-16(7-5-15)19-12-21(22-3-2-10-32-22)29(27-19)23(30)13-28-14-26-20-11-17(25)8-9-18(20)24(28)31/h2-11,14,21H,12-13H2,1H3/t21-/m0/s1. The van der Waals surface area contributed by atoms with E-state index in [0.29, 0.717) is 12.2 Å². The zero-order valence-corrected chi connectivity index (χ0v) is 17.2. The average Bonchev–Trinajstić information content (AvgIpc) is 3.46. The SMILES string of the molecule is Cc1ccc(C2=NN(C(=O)Cn3cnc4cc(F)ccc4c3=O)[C@H](c3ccco3)C2)cc1. The molecule has 0 radical (unpaired) electrons. The third kappa shape index (κ3) is 3.60. The Morgan fingerprint density at radius 2 is 2.00 bits per heavy atom. The Labute approximate surface area is 182 Å². The highest BCUT2D eigenvalue weighted by molar-refractivity contribution is 6.03. The van der Waals surface area contributed by atoms with Gasteiger partial charge in [-0.2, -0.15) is 5.10 Å². The van der Waals surface area contributed by atoms with Gasteiger partial charge in [-0.15, -0.1) is 0 Å². The summed E-state index contributed by atoms with van der Waals surface area (Å²) in [4.78, 5) is 30.1. The zero-order chi connectivity index (χ0) is 22.2. The predicted octanol–water partition coefficient (Wildman–Crippen LogP) is 3.81. The maximum atomic E-state index is 13.4. The van der Waals surface area contributed by atoms with E-state index in [1.165, 1.54) is 34.1 Å². The number of furan rings is 1. The van der Waals surface area contributed by atoms with Crippen molar-refractivity contribution in [2.45, 2.75) is 25.9 Å². The van der Waals surface area contributed by atoms with Gasteiger partial charge < -0.3 is 4.42 Å². The van der Waals surface area contributed by atoms with Gasteiger partial charge in [-0.05, 0) is 36.8 Å². The summed E-state index contributed by atoms with van der Waals surface area (Å²) >= 11 is 0. The molecule has 1 amide bonds. The van der Waals surface area contributed by atoms with Crippen LogP contribution in [0.15, 0.2) is 81.5 Å². The Kier molecular flexibility index (Phi) is 4.89. The molecule has 0 saturated carbocycles. The average molecular weight is 430 g/mol. The highest BCUT2D eigenvalue weighted by Gasteiger charge is 2.35. The van der Waals surface area contributed by atoms with Crippen molar-refractivity contribution in [3.63, 3.8) is 0 Å². The van der Waals surface area contributed by atoms with Crippen LogP contribution in [0.3, 0.4) is 0 Å². The minimum atomic E-state index is -0.477. The first-order valence-corrected chi connectivity index (χ1v) is 10.1. The fourth-order valence-corrected chi connectivity index (χ4v) is 3.83. The number of fused-ring (bicyclic) bond motifs is 1. The van der Waals surface area contributed by atoms with E-state index >= 15 is 0 Å². The number of hydrazone groups is 1. The Hall–Kier alpha value is -4.07. The van der Waals surface area contributed by atoms with Crippen LogP contribution in [0.1, 0.15) is 29.3 Å². The van der Waals surface area contributed by atoms with Crippen molar-refractivity contribution in [1.29, 1.82) is 0 Å². The van der Waals surface area contributed by atoms with E-state index in [1.807, 2.05) is 31.2 Å². The molecule has 5 rings (SSSR count). The minimum absolute atomic E-state index is 0.244. The number of amides is 1. The van der Waals surface area contributed by atoms with E-state index in [4.69, 9.17) is 4.42 Å². The maximum Gasteiger partial charge on any atom is 0.263 e. The Morgan fingerprint density at radius 3 is 2.75 bits per heavy atom. The Balaban J connectivity index is 1.48. The van der Waals surface area contributed by atoms with Crippen LogP contribution >= 0.6 is 0 Å². The maximum absolute atomic E-state index is 13.4. The van der Waals surface area contributed by atoms with Crippen LogP contribution in [0.4, 0.5) is 4.39 Å². The summed E-state index contributed by atoms with van der Waals surface area (Å²) in [6.07, 6.45) is 3.30. The van der Waals surface area contributed by atoms with Crippen molar-refractivity contribution < 1.29 is 13.6 Å². The summed E-state index contributed by atoms with van der Waals surface area (Å²) in [5.41, 5.74) is 2.65. The molecular formula is C24H19FN4O3. The molecule has 8 heteroatoms. The number of carbonyl (C=O) groups excluding carboxylic acids is 1. The molecule has 4 aromatic rings. The molecule has 1 atom stereocenters. The minimum Gasteiger partial charge on any atom is -0.467 e. The molecule has 160 valence electrons. The Morgan fingerprint density at radius 1 is 1.19 bits per heavy atom. The summed E-state index contributed by atoms with van der Waals surface area (Å²) in [6.45, 7) is 1.76. The molecule has 1 aliphatic heterocycles. The molecule has 0 fully saturated rings. The number of benzene rings is 2. The molecule has 0 saturated heterocycles. The van der Waals surface area contributed by atoms with Crippen molar-refractivity contribution >= 4 is 22.5 Å². The molecule has 0 bridgehead atoms. The lowest BCUT2D eigenvalue weighted by atomic mass is 10.0. The first kappa shape index (κ1) is 19.9. The van der Waals surface area contributed by atoms with Crippen molar-refractivity contribution in [2.75, 3.05) is 0 Å². The van der Waals surface area contributed by atoms with E-state index in [0.717, 1.165) is 16.8 Å². The van der Waals surface area contributed by atoms with Gasteiger partial charge in [0.15, 0.2) is 0 Å². The lowest BCUT2D eigenvalue weighted by Gasteiger charge is -2.20. The number of hydrogen-bond acceptors (Lipinski definition) is 5. The molecule has 2 aromatic carbocycles. The van der Waals surface area contributed by atoms with Gasteiger partial charge in [0.2, 0.25) is 0 Å². The monoisotopic (exact) mass is 430 g/mol. The predicted molar refractivity (Wildman–Crippen MR) is 117 cm³/mol. The van der Waals surface area contributed by atoms with Crippen molar-refractivity contribution in [2.24, 2.45) is 5.10 Å². The smallest absolute Gasteiger partial charge is 0.263 e. The van der Waals surface area contributed by atoms with Gasteiger partial charge in [-0.25, -0.2) is 14.4 Å². The van der Waals surface area contributed by atoms with Crippen LogP contribution < -0.4 is 5.56 Å². The van der Waals surface area contributed by atoms with Crippen LogP contribution in [-0.4, -0.2) is 26.2 Å². The van der Waals surface area contributed by atoms with Gasteiger partial charge in [0.05, 0.1) is 29.2 Å². The van der Waals surface area contributed by atoms with Crippen molar-refractivity contribution in [3.8, 4) is 0 Å². The summed E-state index contributed by atoms with van der Waals surface area (Å²) in [7, 11) is 0. The number of rotatable bonds is 4. The highest BCUT2D eigenvalue weighted by atomic mass is 19.1. The fourth-order valence-electron chi connectivity index (χ4n) is 3.83. The van der Waals surface area contributed by atoms with Crippen molar-refractivity contribution in [3.05, 3.63) is 100 Å². The molecule has 32 heavy (non-hydrogen) atoms. The first-order chi connectivity index (χ1) is 15.5. The van der Waals surface area contributed by atoms with Crippen LogP contribution in [-0.2, 0) is 11.3 Å². The molecule has 0 aliphatic carbocycles. The number of halogens is 1. The lowest BCUT2D eigenvalue weighted by Crippen LogP contribution is -2.34. The molecule has 3 heterocycles. The number of aryl methyl sites for hydroxylation is 1. The third-order valence-corrected chi connectivity index (χ3v) is 5.52. The second kappa shape index (κ2) is 7.88. The number of hydrogen-bond donors (Lipinski definition) is 0. The van der Waals surface area contributed by atoms with Crippen LogP contribution in [0, 0.1) is 12.7 Å². The molecule has 0 N–H and O–H groups in total.